The molecule has 0 unspecified atom stereocenters. The molecular weight excluding hydrogens is 390 g/mol. The zero-order valence-electron chi connectivity index (χ0n) is 15.1. The average Bonchev–Trinajstić information content (AvgIpc) is 3.21. The molecule has 2 heterocycles. The van der Waals surface area contributed by atoms with Crippen LogP contribution in [0.3, 0.4) is 0 Å². The second kappa shape index (κ2) is 9.43. The van der Waals surface area contributed by atoms with Crippen molar-refractivity contribution in [1.29, 1.82) is 0 Å². The van der Waals surface area contributed by atoms with Crippen LogP contribution in [0.1, 0.15) is 44.3 Å². The number of rotatable bonds is 8. The number of hydrogen-bond acceptors (Lipinski definition) is 8. The summed E-state index contributed by atoms with van der Waals surface area (Å²) in [5.41, 5.74) is 0.598. The Morgan fingerprint density at radius 1 is 1.19 bits per heavy atom. The Morgan fingerprint density at radius 3 is 2.52 bits per heavy atom. The van der Waals surface area contributed by atoms with Crippen LogP contribution >= 0.6 is 22.7 Å². The molecule has 144 valence electrons. The number of anilines is 1. The number of Topliss-reactive ketones (excluding diaryl/α,β-unsaturated/α-hetero) is 1. The Morgan fingerprint density at radius 2 is 1.93 bits per heavy atom. The summed E-state index contributed by atoms with van der Waals surface area (Å²) < 4.78 is 9.96. The molecule has 0 aliphatic rings. The van der Waals surface area contributed by atoms with E-state index in [1.165, 1.54) is 18.3 Å². The third kappa shape index (κ3) is 5.48. The topological polar surface area (TPSA) is 98.8 Å². The van der Waals surface area contributed by atoms with E-state index >= 15 is 0 Å². The minimum absolute atomic E-state index is 0.0889. The van der Waals surface area contributed by atoms with Crippen LogP contribution in [-0.4, -0.2) is 36.8 Å². The zero-order chi connectivity index (χ0) is 20.0. The molecule has 0 aliphatic heterocycles. The summed E-state index contributed by atoms with van der Waals surface area (Å²) in [4.78, 5) is 49.0. The molecule has 0 aliphatic carbocycles. The first-order chi connectivity index (χ1) is 12.8. The normalized spacial score (nSPS) is 10.3. The van der Waals surface area contributed by atoms with Gasteiger partial charge in [-0.1, -0.05) is 6.07 Å². The molecule has 0 saturated carbocycles. The van der Waals surface area contributed by atoms with Gasteiger partial charge < -0.3 is 14.8 Å². The van der Waals surface area contributed by atoms with Crippen LogP contribution in [-0.2, 0) is 25.5 Å². The number of thiophene rings is 2. The van der Waals surface area contributed by atoms with Gasteiger partial charge in [-0.3, -0.25) is 14.4 Å². The van der Waals surface area contributed by atoms with E-state index < -0.39 is 24.5 Å². The van der Waals surface area contributed by atoms with Gasteiger partial charge in [-0.15, -0.1) is 22.7 Å². The SMILES string of the molecule is CCOC(=O)c1c(NC(=O)COC(=O)Cc2cccs2)sc(C(C)=O)c1C. The lowest BCUT2D eigenvalue weighted by Crippen LogP contribution is -2.22. The lowest BCUT2D eigenvalue weighted by molar-refractivity contribution is -0.146. The monoisotopic (exact) mass is 409 g/mol. The van der Waals surface area contributed by atoms with E-state index in [1.54, 1.807) is 19.9 Å². The molecule has 1 N–H and O–H groups in total. The summed E-state index contributed by atoms with van der Waals surface area (Å²) in [7, 11) is 0. The lowest BCUT2D eigenvalue weighted by Gasteiger charge is -2.07. The molecule has 0 saturated heterocycles. The van der Waals surface area contributed by atoms with E-state index in [4.69, 9.17) is 9.47 Å². The molecule has 0 bridgehead atoms. The molecular formula is C18H19NO6S2. The molecule has 1 amide bonds. The molecule has 2 aromatic heterocycles. The summed E-state index contributed by atoms with van der Waals surface area (Å²) in [6, 6.07) is 3.62. The highest BCUT2D eigenvalue weighted by Gasteiger charge is 2.25. The zero-order valence-corrected chi connectivity index (χ0v) is 16.8. The van der Waals surface area contributed by atoms with E-state index in [2.05, 4.69) is 5.32 Å². The Balaban J connectivity index is 2.05. The van der Waals surface area contributed by atoms with Gasteiger partial charge in [0.1, 0.15) is 5.00 Å². The van der Waals surface area contributed by atoms with Crippen LogP contribution in [0.5, 0.6) is 0 Å². The first kappa shape index (κ1) is 20.8. The molecule has 0 aromatic carbocycles. The van der Waals surface area contributed by atoms with Crippen LogP contribution in [0.15, 0.2) is 17.5 Å². The lowest BCUT2D eigenvalue weighted by atomic mass is 10.1. The van der Waals surface area contributed by atoms with Gasteiger partial charge in [0.05, 0.1) is 23.5 Å². The summed E-state index contributed by atoms with van der Waals surface area (Å²) >= 11 is 2.42. The van der Waals surface area contributed by atoms with Crippen molar-refractivity contribution in [2.75, 3.05) is 18.5 Å². The fraction of sp³-hybridized carbons (Fsp3) is 0.333. The highest BCUT2D eigenvalue weighted by atomic mass is 32.1. The van der Waals surface area contributed by atoms with Gasteiger partial charge >= 0.3 is 11.9 Å². The van der Waals surface area contributed by atoms with Crippen molar-refractivity contribution < 1.29 is 28.7 Å². The number of hydrogen-bond donors (Lipinski definition) is 1. The Kier molecular flexibility index (Phi) is 7.26. The molecule has 0 radical (unpaired) electrons. The summed E-state index contributed by atoms with van der Waals surface area (Å²) in [6.45, 7) is 4.34. The van der Waals surface area contributed by atoms with Crippen molar-refractivity contribution in [2.24, 2.45) is 0 Å². The first-order valence-electron chi connectivity index (χ1n) is 8.12. The maximum Gasteiger partial charge on any atom is 0.341 e. The standard InChI is InChI=1S/C18H19NO6S2/c1-4-24-18(23)15-10(2)16(11(3)20)27-17(15)19-13(21)9-25-14(22)8-12-6-5-7-26-12/h5-7H,4,8-9H2,1-3H3,(H,19,21). The fourth-order valence-electron chi connectivity index (χ4n) is 2.30. The van der Waals surface area contributed by atoms with E-state index in [1.807, 2.05) is 11.4 Å². The predicted octanol–water partition coefficient (Wildman–Crippen LogP) is 3.22. The number of carbonyl (C=O) groups excluding carboxylic acids is 4. The summed E-state index contributed by atoms with van der Waals surface area (Å²) in [6.07, 6.45) is 0.0889. The first-order valence-corrected chi connectivity index (χ1v) is 9.82. The van der Waals surface area contributed by atoms with Crippen molar-refractivity contribution in [3.8, 4) is 0 Å². The number of amides is 1. The van der Waals surface area contributed by atoms with Crippen LogP contribution in [0, 0.1) is 6.92 Å². The maximum absolute atomic E-state index is 12.2. The largest absolute Gasteiger partial charge is 0.462 e. The molecule has 0 spiro atoms. The second-order valence-corrected chi connectivity index (χ2v) is 7.55. The minimum Gasteiger partial charge on any atom is -0.462 e. The summed E-state index contributed by atoms with van der Waals surface area (Å²) in [5, 5.41) is 4.58. The van der Waals surface area contributed by atoms with Crippen LogP contribution in [0.2, 0.25) is 0 Å². The van der Waals surface area contributed by atoms with Crippen molar-refractivity contribution in [1.82, 2.24) is 0 Å². The molecule has 7 nitrogen and oxygen atoms in total. The molecule has 0 atom stereocenters. The predicted molar refractivity (Wildman–Crippen MR) is 103 cm³/mol. The van der Waals surface area contributed by atoms with Gasteiger partial charge in [-0.25, -0.2) is 4.79 Å². The molecule has 2 rings (SSSR count). The Hall–Kier alpha value is -2.52. The number of carbonyl (C=O) groups is 4. The van der Waals surface area contributed by atoms with Crippen LogP contribution in [0.4, 0.5) is 5.00 Å². The van der Waals surface area contributed by atoms with Gasteiger partial charge in [-0.2, -0.15) is 0 Å². The highest BCUT2D eigenvalue weighted by molar-refractivity contribution is 7.18. The number of nitrogens with one attached hydrogen (secondary N) is 1. The Bertz CT molecular complexity index is 854. The third-order valence-corrected chi connectivity index (χ3v) is 5.65. The van der Waals surface area contributed by atoms with Gasteiger partial charge in [-0.05, 0) is 37.8 Å². The molecule has 27 heavy (non-hydrogen) atoms. The summed E-state index contributed by atoms with van der Waals surface area (Å²) in [5.74, 6) is -1.96. The van der Waals surface area contributed by atoms with Crippen LogP contribution < -0.4 is 5.32 Å². The van der Waals surface area contributed by atoms with Crippen molar-refractivity contribution in [2.45, 2.75) is 27.2 Å². The quantitative estimate of drug-likeness (QED) is 0.531. The van der Waals surface area contributed by atoms with E-state index in [0.29, 0.717) is 10.4 Å². The Labute approximate surface area is 164 Å². The number of esters is 2. The van der Waals surface area contributed by atoms with Gasteiger partial charge in [0.25, 0.3) is 5.91 Å². The number of ether oxygens (including phenoxy) is 2. The van der Waals surface area contributed by atoms with Crippen molar-refractivity contribution in [3.05, 3.63) is 38.4 Å². The van der Waals surface area contributed by atoms with E-state index in [0.717, 1.165) is 16.2 Å². The molecule has 2 aromatic rings. The average molecular weight is 409 g/mol. The fourth-order valence-corrected chi connectivity index (χ4v) is 4.10. The van der Waals surface area contributed by atoms with Gasteiger partial charge in [0, 0.05) is 4.88 Å². The van der Waals surface area contributed by atoms with E-state index in [-0.39, 0.29) is 29.4 Å². The third-order valence-electron chi connectivity index (χ3n) is 3.46. The second-order valence-electron chi connectivity index (χ2n) is 5.50. The molecule has 0 fully saturated rings. The maximum atomic E-state index is 12.2. The van der Waals surface area contributed by atoms with Gasteiger partial charge in [0.15, 0.2) is 12.4 Å². The van der Waals surface area contributed by atoms with E-state index in [9.17, 15) is 19.2 Å². The van der Waals surface area contributed by atoms with Gasteiger partial charge in [0.2, 0.25) is 0 Å². The smallest absolute Gasteiger partial charge is 0.341 e. The minimum atomic E-state index is -0.622. The van der Waals surface area contributed by atoms with Crippen molar-refractivity contribution >= 4 is 51.3 Å². The molecule has 9 heteroatoms. The number of ketones is 1. The van der Waals surface area contributed by atoms with Crippen LogP contribution in [0.25, 0.3) is 0 Å². The van der Waals surface area contributed by atoms with Crippen molar-refractivity contribution in [3.63, 3.8) is 0 Å². The highest BCUT2D eigenvalue weighted by Crippen LogP contribution is 2.34.